The van der Waals surface area contributed by atoms with Crippen LogP contribution in [0.25, 0.3) is 0 Å². The highest BCUT2D eigenvalue weighted by molar-refractivity contribution is 5.82. The van der Waals surface area contributed by atoms with Crippen LogP contribution in [-0.2, 0) is 21.8 Å². The van der Waals surface area contributed by atoms with Gasteiger partial charge in [0.05, 0.1) is 19.3 Å². The first kappa shape index (κ1) is 29.8. The highest BCUT2D eigenvalue weighted by Crippen LogP contribution is 2.61. The molecule has 1 saturated heterocycles. The van der Waals surface area contributed by atoms with Gasteiger partial charge in [0.2, 0.25) is 5.91 Å². The molecule has 3 aliphatic carbocycles. The van der Waals surface area contributed by atoms with E-state index in [1.165, 1.54) is 6.42 Å². The standard InChI is InChI=1S/C34H44N2O5/c1-21-27-17-26(33(27,3)4)18-28(21)35-32(39)31-30(22(2)38)29(20-37)41-36(31)19-24-11-9-10-23(16-24)14-15-34(5,40)25-12-7-6-8-13-25/h6-13,16,21-22,26-31,37-38,40H,17-20H2,1-5H3,(H,35,39)/t21-,22?,26+,27+,28-,29-,30?,31-,34?/m0/s1. The first-order chi connectivity index (χ1) is 19.4. The minimum absolute atomic E-state index is 0.0833. The molecule has 41 heavy (non-hydrogen) atoms. The van der Waals surface area contributed by atoms with E-state index in [4.69, 9.17) is 4.84 Å². The quantitative estimate of drug-likeness (QED) is 0.386. The third-order valence-electron chi connectivity index (χ3n) is 10.1. The fourth-order valence-corrected chi connectivity index (χ4v) is 7.44. The number of rotatable bonds is 7. The van der Waals surface area contributed by atoms with Gasteiger partial charge in [-0.25, -0.2) is 0 Å². The molecule has 1 amide bonds. The summed E-state index contributed by atoms with van der Waals surface area (Å²) in [7, 11) is 0. The van der Waals surface area contributed by atoms with Crippen molar-refractivity contribution in [2.45, 2.75) is 83.9 Å². The second-order valence-electron chi connectivity index (χ2n) is 13.1. The van der Waals surface area contributed by atoms with Gasteiger partial charge >= 0.3 is 0 Å². The smallest absolute Gasteiger partial charge is 0.240 e. The monoisotopic (exact) mass is 560 g/mol. The van der Waals surface area contributed by atoms with Crippen molar-refractivity contribution in [2.75, 3.05) is 6.61 Å². The molecular formula is C34H44N2O5. The Bertz CT molecular complexity index is 1300. The number of hydrogen-bond acceptors (Lipinski definition) is 6. The number of fused-ring (bicyclic) bond motifs is 2. The minimum Gasteiger partial charge on any atom is -0.394 e. The summed E-state index contributed by atoms with van der Waals surface area (Å²) in [6.07, 6.45) is 0.648. The average Bonchev–Trinajstić information content (AvgIpc) is 3.32. The maximum Gasteiger partial charge on any atom is 0.240 e. The van der Waals surface area contributed by atoms with Crippen molar-refractivity contribution < 1.29 is 25.0 Å². The summed E-state index contributed by atoms with van der Waals surface area (Å²) in [5, 5.41) is 36.6. The maximum atomic E-state index is 13.9. The van der Waals surface area contributed by atoms with Crippen LogP contribution in [0.4, 0.5) is 0 Å². The lowest BCUT2D eigenvalue weighted by Gasteiger charge is -2.62. The number of amides is 1. The summed E-state index contributed by atoms with van der Waals surface area (Å²) < 4.78 is 0. The van der Waals surface area contributed by atoms with Gasteiger partial charge < -0.3 is 20.6 Å². The molecule has 2 aromatic carbocycles. The number of aliphatic hydroxyl groups is 3. The Hall–Kier alpha value is -2.73. The second kappa shape index (κ2) is 11.5. The molecule has 2 bridgehead atoms. The van der Waals surface area contributed by atoms with Crippen LogP contribution in [0.2, 0.25) is 0 Å². The summed E-state index contributed by atoms with van der Waals surface area (Å²) in [6, 6.07) is 16.3. The topological polar surface area (TPSA) is 102 Å². The summed E-state index contributed by atoms with van der Waals surface area (Å²) in [4.78, 5) is 20.0. The van der Waals surface area contributed by atoms with Crippen molar-refractivity contribution in [3.8, 4) is 11.8 Å². The van der Waals surface area contributed by atoms with Crippen LogP contribution >= 0.6 is 0 Å². The maximum absolute atomic E-state index is 13.9. The normalized spacial score (nSPS) is 32.6. The number of hydrogen-bond donors (Lipinski definition) is 4. The summed E-state index contributed by atoms with van der Waals surface area (Å²) >= 11 is 0. The average molecular weight is 561 g/mol. The van der Waals surface area contributed by atoms with Crippen LogP contribution in [0.3, 0.4) is 0 Å². The first-order valence-electron chi connectivity index (χ1n) is 14.8. The zero-order valence-electron chi connectivity index (χ0n) is 24.7. The van der Waals surface area contributed by atoms with Crippen molar-refractivity contribution in [3.05, 3.63) is 71.3 Å². The number of benzene rings is 2. The van der Waals surface area contributed by atoms with Gasteiger partial charge in [-0.2, -0.15) is 5.06 Å². The Kier molecular flexibility index (Phi) is 8.35. The van der Waals surface area contributed by atoms with Crippen LogP contribution in [0.1, 0.15) is 64.2 Å². The molecule has 9 atom stereocenters. The molecular weight excluding hydrogens is 516 g/mol. The van der Waals surface area contributed by atoms with E-state index in [0.717, 1.165) is 23.1 Å². The zero-order valence-corrected chi connectivity index (χ0v) is 24.7. The van der Waals surface area contributed by atoms with Crippen molar-refractivity contribution in [1.29, 1.82) is 0 Å². The summed E-state index contributed by atoms with van der Waals surface area (Å²) in [5.41, 5.74) is 1.32. The van der Waals surface area contributed by atoms with Crippen LogP contribution in [0.5, 0.6) is 0 Å². The molecule has 4 fully saturated rings. The van der Waals surface area contributed by atoms with E-state index < -0.39 is 29.8 Å². The van der Waals surface area contributed by atoms with Crippen molar-refractivity contribution in [3.63, 3.8) is 0 Å². The molecule has 0 aromatic heterocycles. The third-order valence-corrected chi connectivity index (χ3v) is 10.1. The summed E-state index contributed by atoms with van der Waals surface area (Å²) in [5.74, 6) is 6.88. The molecule has 1 heterocycles. The van der Waals surface area contributed by atoms with Crippen molar-refractivity contribution in [2.24, 2.45) is 29.1 Å². The molecule has 4 aliphatic rings. The van der Waals surface area contributed by atoms with Crippen molar-refractivity contribution in [1.82, 2.24) is 10.4 Å². The Labute approximate surface area is 243 Å². The molecule has 7 heteroatoms. The van der Waals surface area contributed by atoms with Gasteiger partial charge in [-0.05, 0) is 73.1 Å². The molecule has 6 rings (SSSR count). The largest absolute Gasteiger partial charge is 0.394 e. The number of nitrogens with zero attached hydrogens (tertiary/aromatic N) is 1. The van der Waals surface area contributed by atoms with E-state index in [1.54, 1.807) is 18.9 Å². The molecule has 3 unspecified atom stereocenters. The van der Waals surface area contributed by atoms with Gasteiger partial charge in [0.25, 0.3) is 0 Å². The van der Waals surface area contributed by atoms with Crippen LogP contribution in [0, 0.1) is 40.9 Å². The Morgan fingerprint density at radius 3 is 2.56 bits per heavy atom. The van der Waals surface area contributed by atoms with E-state index in [1.807, 2.05) is 54.6 Å². The predicted octanol–water partition coefficient (Wildman–Crippen LogP) is 3.61. The third kappa shape index (κ3) is 5.82. The van der Waals surface area contributed by atoms with Gasteiger partial charge in [-0.3, -0.25) is 9.63 Å². The predicted molar refractivity (Wildman–Crippen MR) is 157 cm³/mol. The van der Waals surface area contributed by atoms with Gasteiger partial charge in [0.15, 0.2) is 0 Å². The van der Waals surface area contributed by atoms with Gasteiger partial charge in [0.1, 0.15) is 17.7 Å². The molecule has 4 N–H and O–H groups in total. The Morgan fingerprint density at radius 1 is 1.20 bits per heavy atom. The number of nitrogens with one attached hydrogen (secondary N) is 1. The number of carbonyl (C=O) groups excluding carboxylic acids is 1. The summed E-state index contributed by atoms with van der Waals surface area (Å²) in [6.45, 7) is 10.2. The lowest BCUT2D eigenvalue weighted by Crippen LogP contribution is -2.62. The number of aliphatic hydroxyl groups excluding tert-OH is 2. The van der Waals surface area contributed by atoms with E-state index >= 15 is 0 Å². The van der Waals surface area contributed by atoms with E-state index in [-0.39, 0.29) is 25.1 Å². The Morgan fingerprint density at radius 2 is 1.93 bits per heavy atom. The van der Waals surface area contributed by atoms with Gasteiger partial charge in [-0.15, -0.1) is 0 Å². The van der Waals surface area contributed by atoms with Gasteiger partial charge in [0, 0.05) is 17.5 Å². The fourth-order valence-electron chi connectivity index (χ4n) is 7.44. The Balaban J connectivity index is 1.34. The molecule has 3 saturated carbocycles. The first-order valence-corrected chi connectivity index (χ1v) is 14.8. The highest BCUT2D eigenvalue weighted by Gasteiger charge is 2.57. The molecule has 2 aromatic rings. The van der Waals surface area contributed by atoms with Crippen LogP contribution in [0.15, 0.2) is 54.6 Å². The SMILES string of the molecule is CC(O)C1[C@H](CO)ON(Cc2cccc(C#CC(C)(O)c3ccccc3)c2)[C@@H]1C(=O)N[C@H]1C[C@H]2C[C@H]([C@@H]1C)C2(C)C. The van der Waals surface area contributed by atoms with E-state index in [2.05, 4.69) is 37.9 Å². The molecule has 0 spiro atoms. The lowest BCUT2D eigenvalue weighted by molar-refractivity contribution is -0.183. The fraction of sp³-hybridized carbons (Fsp3) is 0.559. The van der Waals surface area contributed by atoms with Crippen LogP contribution < -0.4 is 5.32 Å². The van der Waals surface area contributed by atoms with E-state index in [9.17, 15) is 20.1 Å². The zero-order chi connectivity index (χ0) is 29.5. The number of hydroxylamine groups is 2. The molecule has 0 radical (unpaired) electrons. The molecule has 220 valence electrons. The van der Waals surface area contributed by atoms with Gasteiger partial charge in [-0.1, -0.05) is 75.1 Å². The lowest BCUT2D eigenvalue weighted by atomic mass is 9.45. The number of carbonyl (C=O) groups is 1. The van der Waals surface area contributed by atoms with E-state index in [0.29, 0.717) is 23.2 Å². The second-order valence-corrected chi connectivity index (χ2v) is 13.1. The highest BCUT2D eigenvalue weighted by atomic mass is 16.7. The molecule has 7 nitrogen and oxygen atoms in total. The minimum atomic E-state index is -1.30. The molecule has 1 aliphatic heterocycles. The van der Waals surface area contributed by atoms with Crippen LogP contribution in [-0.4, -0.2) is 57.2 Å². The van der Waals surface area contributed by atoms with Crippen molar-refractivity contribution >= 4 is 5.91 Å².